The average Bonchev–Trinajstić information content (AvgIpc) is 3.41. The van der Waals surface area contributed by atoms with Gasteiger partial charge in [0.05, 0.1) is 35.1 Å². The van der Waals surface area contributed by atoms with E-state index in [9.17, 15) is 10.0 Å². The van der Waals surface area contributed by atoms with Gasteiger partial charge in [-0.25, -0.2) is 9.18 Å². The molecule has 1 fully saturated rings. The minimum Gasteiger partial charge on any atom is -0.618 e. The Balaban J connectivity index is 1.33. The number of hydrogen-bond donors (Lipinski definition) is 1. The molecule has 0 saturated heterocycles. The summed E-state index contributed by atoms with van der Waals surface area (Å²) in [7, 11) is 1.30. The molecular weight excluding hydrogens is 551 g/mol. The Hall–Kier alpha value is -4.84. The third kappa shape index (κ3) is 5.46. The van der Waals surface area contributed by atoms with Crippen LogP contribution < -0.4 is 10.0 Å². The third-order valence-electron chi connectivity index (χ3n) is 7.07. The predicted octanol–water partition coefficient (Wildman–Crippen LogP) is 5.19. The van der Waals surface area contributed by atoms with Crippen LogP contribution in [0.5, 0.6) is 0 Å². The average molecular weight is 575 g/mol. The lowest BCUT2D eigenvalue weighted by atomic mass is 10.0. The van der Waals surface area contributed by atoms with E-state index in [0.29, 0.717) is 28.6 Å². The lowest BCUT2D eigenvalue weighted by molar-refractivity contribution is -0.615. The molecule has 1 aliphatic carbocycles. The van der Waals surface area contributed by atoms with Crippen molar-refractivity contribution in [3.05, 3.63) is 95.2 Å². The molecule has 1 atom stereocenters. The van der Waals surface area contributed by atoms with E-state index < -0.39 is 11.9 Å². The minimum absolute atomic E-state index is 0.0804. The molecule has 0 aliphatic heterocycles. The van der Waals surface area contributed by atoms with E-state index in [1.54, 1.807) is 41.2 Å². The zero-order chi connectivity index (χ0) is 28.5. The summed E-state index contributed by atoms with van der Waals surface area (Å²) in [6, 6.07) is 13.4. The van der Waals surface area contributed by atoms with Crippen LogP contribution in [0.3, 0.4) is 0 Å². The molecule has 3 heterocycles. The summed E-state index contributed by atoms with van der Waals surface area (Å²) in [6.45, 7) is 0. The third-order valence-corrected chi connectivity index (χ3v) is 7.36. The fourth-order valence-corrected chi connectivity index (χ4v) is 4.94. The Labute approximate surface area is 238 Å². The zero-order valence-corrected chi connectivity index (χ0v) is 22.6. The van der Waals surface area contributed by atoms with Crippen LogP contribution in [0.15, 0.2) is 73.4 Å². The number of carbonyl (C=O) groups is 1. The second-order valence-corrected chi connectivity index (χ2v) is 10.2. The van der Waals surface area contributed by atoms with Gasteiger partial charge in [-0.3, -0.25) is 10.00 Å². The van der Waals surface area contributed by atoms with Gasteiger partial charge in [0, 0.05) is 23.5 Å². The van der Waals surface area contributed by atoms with Gasteiger partial charge in [0.2, 0.25) is 5.69 Å². The molecule has 1 aliphatic rings. The molecule has 1 N–H and O–H groups in total. The summed E-state index contributed by atoms with van der Waals surface area (Å²) in [5, 5.41) is 31.7. The van der Waals surface area contributed by atoms with Gasteiger partial charge in [-0.05, 0) is 58.7 Å². The molecule has 5 aromatic rings. The number of rotatable bonds is 8. The normalized spacial score (nSPS) is 13.6. The number of ether oxygens (including phenoxy) is 1. The summed E-state index contributed by atoms with van der Waals surface area (Å²) in [5.74, 6) is -0.181. The number of carbonyl (C=O) groups excluding carboxylic acids is 1. The zero-order valence-electron chi connectivity index (χ0n) is 21.8. The van der Waals surface area contributed by atoms with Crippen molar-refractivity contribution in [1.82, 2.24) is 30.0 Å². The quantitative estimate of drug-likeness (QED) is 0.200. The van der Waals surface area contributed by atoms with Gasteiger partial charge in [0.1, 0.15) is 12.4 Å². The number of nitrogens with zero attached hydrogens (tertiary/aromatic N) is 7. The van der Waals surface area contributed by atoms with Crippen molar-refractivity contribution in [2.45, 2.75) is 25.3 Å². The van der Waals surface area contributed by atoms with Gasteiger partial charge in [-0.15, -0.1) is 5.10 Å². The van der Waals surface area contributed by atoms with Crippen LogP contribution in [-0.2, 0) is 4.74 Å². The number of amides is 1. The van der Waals surface area contributed by atoms with Crippen molar-refractivity contribution >= 4 is 23.4 Å². The molecule has 208 valence electrons. The van der Waals surface area contributed by atoms with E-state index in [1.165, 1.54) is 30.4 Å². The molecule has 1 unspecified atom stereocenters. The lowest BCUT2D eigenvalue weighted by Gasteiger charge is -2.18. The molecule has 11 nitrogen and oxygen atoms in total. The van der Waals surface area contributed by atoms with Crippen LogP contribution >= 0.6 is 11.6 Å². The molecule has 41 heavy (non-hydrogen) atoms. The van der Waals surface area contributed by atoms with Gasteiger partial charge >= 0.3 is 6.09 Å². The van der Waals surface area contributed by atoms with Gasteiger partial charge < -0.3 is 9.94 Å². The number of aromatic nitrogens is 7. The maximum Gasteiger partial charge on any atom is 0.411 e. The smallest absolute Gasteiger partial charge is 0.411 e. The molecule has 1 saturated carbocycles. The van der Waals surface area contributed by atoms with Gasteiger partial charge in [0.25, 0.3) is 0 Å². The van der Waals surface area contributed by atoms with E-state index in [4.69, 9.17) is 11.6 Å². The molecule has 3 aromatic heterocycles. The highest BCUT2D eigenvalue weighted by molar-refractivity contribution is 6.31. The Bertz CT molecular complexity index is 1700. The fourth-order valence-electron chi connectivity index (χ4n) is 4.78. The fraction of sp³-hybridized carbons (Fsp3) is 0.214. The van der Waals surface area contributed by atoms with Crippen molar-refractivity contribution in [2.75, 3.05) is 12.4 Å². The van der Waals surface area contributed by atoms with Gasteiger partial charge in [0.15, 0.2) is 12.0 Å². The van der Waals surface area contributed by atoms with Crippen molar-refractivity contribution in [3.63, 3.8) is 0 Å². The van der Waals surface area contributed by atoms with Crippen LogP contribution in [0.2, 0.25) is 5.02 Å². The summed E-state index contributed by atoms with van der Waals surface area (Å²) < 4.78 is 23.8. The van der Waals surface area contributed by atoms with Crippen LogP contribution in [0, 0.1) is 16.9 Å². The van der Waals surface area contributed by atoms with Crippen molar-refractivity contribution < 1.29 is 18.7 Å². The van der Waals surface area contributed by atoms with E-state index in [-0.39, 0.29) is 16.6 Å². The molecule has 0 radical (unpaired) electrons. The molecule has 6 rings (SSSR count). The number of nitrogens with one attached hydrogen (secondary N) is 1. The van der Waals surface area contributed by atoms with E-state index in [1.807, 2.05) is 18.3 Å². The topological polar surface area (TPSA) is 127 Å². The maximum absolute atomic E-state index is 15.3. The molecule has 0 spiro atoms. The van der Waals surface area contributed by atoms with E-state index in [0.717, 1.165) is 35.1 Å². The molecule has 0 bridgehead atoms. The lowest BCUT2D eigenvalue weighted by Crippen LogP contribution is -2.35. The Morgan fingerprint density at radius 2 is 1.95 bits per heavy atom. The Morgan fingerprint density at radius 3 is 2.63 bits per heavy atom. The number of tetrazole rings is 1. The first-order valence-electron chi connectivity index (χ1n) is 12.9. The van der Waals surface area contributed by atoms with E-state index in [2.05, 4.69) is 30.7 Å². The van der Waals surface area contributed by atoms with Crippen molar-refractivity contribution in [2.24, 2.45) is 5.92 Å². The SMILES string of the molecule is COC(=O)Nc1ccc(-c2cnn(C(CC3CC3)c3ccc(-c4c(-n5cnnn5)ccc(Cl)c4F)c[n+]3[O-])c2)cc1. The van der Waals surface area contributed by atoms with Crippen molar-refractivity contribution in [3.8, 4) is 27.9 Å². The number of hydrogen-bond acceptors (Lipinski definition) is 7. The number of benzene rings is 2. The standard InChI is InChI=1S/C28H24ClFN8O3/c1-41-28(39)33-21-7-4-18(5-8-21)20-13-32-36(14-20)25(12-17-2-3-17)23-10-6-19(15-38(23)40)26-24(37-16-31-34-35-37)11-9-22(29)27(26)30/h4-11,13-17,25H,2-3,12H2,1H3,(H,33,39). The second kappa shape index (κ2) is 11.0. The first-order valence-corrected chi connectivity index (χ1v) is 13.2. The molecular formula is C28H24ClFN8O3. The predicted molar refractivity (Wildman–Crippen MR) is 148 cm³/mol. The first-order chi connectivity index (χ1) is 19.9. The highest BCUT2D eigenvalue weighted by Crippen LogP contribution is 2.39. The molecule has 2 aromatic carbocycles. The largest absolute Gasteiger partial charge is 0.618 e. The summed E-state index contributed by atoms with van der Waals surface area (Å²) >= 11 is 6.10. The van der Waals surface area contributed by atoms with Crippen LogP contribution in [0.25, 0.3) is 27.9 Å². The highest BCUT2D eigenvalue weighted by atomic mass is 35.5. The summed E-state index contributed by atoms with van der Waals surface area (Å²) in [4.78, 5) is 11.5. The van der Waals surface area contributed by atoms with E-state index >= 15 is 4.39 Å². The summed E-state index contributed by atoms with van der Waals surface area (Å²) in [6.07, 6.45) is 8.72. The first kappa shape index (κ1) is 26.4. The van der Waals surface area contributed by atoms with Gasteiger partial charge in [-0.2, -0.15) is 14.5 Å². The number of methoxy groups -OCH3 is 1. The van der Waals surface area contributed by atoms with Crippen LogP contribution in [-0.4, -0.2) is 43.2 Å². The molecule has 1 amide bonds. The Kier molecular flexibility index (Phi) is 7.06. The number of pyridine rings is 1. The van der Waals surface area contributed by atoms with Crippen LogP contribution in [0.1, 0.15) is 31.0 Å². The number of halogens is 2. The maximum atomic E-state index is 15.3. The summed E-state index contributed by atoms with van der Waals surface area (Å²) in [5.41, 5.74) is 3.65. The Morgan fingerprint density at radius 1 is 1.17 bits per heavy atom. The van der Waals surface area contributed by atoms with Crippen molar-refractivity contribution in [1.29, 1.82) is 0 Å². The highest BCUT2D eigenvalue weighted by Gasteiger charge is 2.32. The minimum atomic E-state index is -0.675. The number of anilines is 1. The molecule has 13 heteroatoms. The second-order valence-electron chi connectivity index (χ2n) is 9.78. The monoisotopic (exact) mass is 574 g/mol. The van der Waals surface area contributed by atoms with Gasteiger partial charge in [-0.1, -0.05) is 36.6 Å². The van der Waals surface area contributed by atoms with Crippen LogP contribution in [0.4, 0.5) is 14.9 Å².